The number of benzene rings is 3. The van der Waals surface area contributed by atoms with E-state index in [1.165, 1.54) is 25.6 Å². The Kier molecular flexibility index (Phi) is 6.94. The van der Waals surface area contributed by atoms with Crippen LogP contribution in [-0.4, -0.2) is 34.9 Å². The van der Waals surface area contributed by atoms with Crippen LogP contribution in [0.5, 0.6) is 17.2 Å². The van der Waals surface area contributed by atoms with Crippen LogP contribution in [-0.2, 0) is 11.4 Å². The molecule has 4 aromatic rings. The number of carbonyl (C=O) groups is 1. The Morgan fingerprint density at radius 1 is 1.03 bits per heavy atom. The lowest BCUT2D eigenvalue weighted by atomic mass is 9.95. The highest BCUT2D eigenvalue weighted by molar-refractivity contribution is 6.06. The molecule has 1 amide bonds. The molecule has 1 atom stereocenters. The normalized spacial score (nSPS) is 14.4. The van der Waals surface area contributed by atoms with Crippen LogP contribution in [0.2, 0.25) is 0 Å². The Balaban J connectivity index is 1.41. The molecule has 194 valence electrons. The lowest BCUT2D eigenvalue weighted by Crippen LogP contribution is -2.31. The second-order valence-electron chi connectivity index (χ2n) is 8.60. The molecule has 0 unspecified atom stereocenters. The Morgan fingerprint density at radius 3 is 2.47 bits per heavy atom. The Morgan fingerprint density at radius 2 is 1.76 bits per heavy atom. The van der Waals surface area contributed by atoms with Crippen molar-refractivity contribution < 1.29 is 23.4 Å². The SMILES string of the molecule is COc1ccc(NC(=O)C2=C(C)Nc3ncnn3[C@@H]2c2ccc(OCc3ccc(F)cc3)cc2)c(OC)c1. The van der Waals surface area contributed by atoms with Crippen LogP contribution in [0, 0.1) is 5.82 Å². The number of fused-ring (bicyclic) bond motifs is 1. The summed E-state index contributed by atoms with van der Waals surface area (Å²) in [7, 11) is 3.09. The second kappa shape index (κ2) is 10.6. The van der Waals surface area contributed by atoms with Crippen LogP contribution >= 0.6 is 0 Å². The number of nitrogens with zero attached hydrogens (tertiary/aromatic N) is 3. The number of halogens is 1. The molecule has 10 heteroatoms. The molecular formula is C28H26FN5O4. The van der Waals surface area contributed by atoms with Crippen molar-refractivity contribution in [2.24, 2.45) is 0 Å². The van der Waals surface area contributed by atoms with E-state index in [9.17, 15) is 9.18 Å². The number of amides is 1. The smallest absolute Gasteiger partial charge is 0.255 e. The summed E-state index contributed by atoms with van der Waals surface area (Å²) in [6.07, 6.45) is 1.44. The van der Waals surface area contributed by atoms with Crippen molar-refractivity contribution in [3.8, 4) is 17.2 Å². The molecule has 38 heavy (non-hydrogen) atoms. The molecule has 2 N–H and O–H groups in total. The van der Waals surface area contributed by atoms with Gasteiger partial charge in [0.25, 0.3) is 5.91 Å². The standard InChI is InChI=1S/C28H26FN5O4/c1-17-25(27(35)33-23-13-12-22(36-2)14-24(23)37-3)26(34-28(32-17)30-16-31-34)19-6-10-21(11-7-19)38-15-18-4-8-20(29)9-5-18/h4-14,16,26H,15H2,1-3H3,(H,33,35)(H,30,31,32)/t26-/m1/s1. The molecule has 2 heterocycles. The van der Waals surface area contributed by atoms with Gasteiger partial charge in [-0.2, -0.15) is 10.1 Å². The maximum atomic E-state index is 13.7. The summed E-state index contributed by atoms with van der Waals surface area (Å²) in [5, 5.41) is 10.5. The molecule has 9 nitrogen and oxygen atoms in total. The molecule has 0 saturated heterocycles. The predicted octanol–water partition coefficient (Wildman–Crippen LogP) is 4.94. The first kappa shape index (κ1) is 24.8. The molecule has 3 aromatic carbocycles. The van der Waals surface area contributed by atoms with Gasteiger partial charge in [0.05, 0.1) is 25.5 Å². The Bertz CT molecular complexity index is 1480. The number of anilines is 2. The summed E-state index contributed by atoms with van der Waals surface area (Å²) in [6.45, 7) is 2.13. The van der Waals surface area contributed by atoms with Crippen molar-refractivity contribution in [3.05, 3.63) is 101 Å². The van der Waals surface area contributed by atoms with Crippen molar-refractivity contribution in [2.75, 3.05) is 24.9 Å². The highest BCUT2D eigenvalue weighted by Gasteiger charge is 2.33. The summed E-state index contributed by atoms with van der Waals surface area (Å²) in [6, 6.07) is 18.2. The van der Waals surface area contributed by atoms with Crippen LogP contribution in [0.15, 0.2) is 84.3 Å². The number of hydrogen-bond acceptors (Lipinski definition) is 7. The van der Waals surface area contributed by atoms with E-state index in [1.54, 1.807) is 42.1 Å². The lowest BCUT2D eigenvalue weighted by molar-refractivity contribution is -0.113. The summed E-state index contributed by atoms with van der Waals surface area (Å²) in [5.74, 6) is 1.65. The molecule has 0 aliphatic carbocycles. The topological polar surface area (TPSA) is 99.5 Å². The third-order valence-corrected chi connectivity index (χ3v) is 6.21. The van der Waals surface area contributed by atoms with Crippen molar-refractivity contribution in [1.82, 2.24) is 14.8 Å². The van der Waals surface area contributed by atoms with E-state index in [4.69, 9.17) is 14.2 Å². The third kappa shape index (κ3) is 5.01. The summed E-state index contributed by atoms with van der Waals surface area (Å²) < 4.78 is 31.4. The third-order valence-electron chi connectivity index (χ3n) is 6.21. The van der Waals surface area contributed by atoms with Gasteiger partial charge in [0.1, 0.15) is 42.0 Å². The summed E-state index contributed by atoms with van der Waals surface area (Å²) in [5.41, 5.74) is 3.30. The van der Waals surface area contributed by atoms with E-state index < -0.39 is 6.04 Å². The fourth-order valence-electron chi connectivity index (χ4n) is 4.28. The van der Waals surface area contributed by atoms with E-state index in [-0.39, 0.29) is 11.7 Å². The Labute approximate surface area is 218 Å². The average molecular weight is 516 g/mol. The molecule has 0 bridgehead atoms. The number of nitrogens with one attached hydrogen (secondary N) is 2. The van der Waals surface area contributed by atoms with E-state index in [1.807, 2.05) is 31.2 Å². The summed E-state index contributed by atoms with van der Waals surface area (Å²) in [4.78, 5) is 17.9. The number of carbonyl (C=O) groups excluding carboxylic acids is 1. The molecule has 0 fully saturated rings. The molecule has 1 aromatic heterocycles. The molecule has 0 radical (unpaired) electrons. The van der Waals surface area contributed by atoms with Gasteiger partial charge in [-0.25, -0.2) is 9.07 Å². The number of hydrogen-bond donors (Lipinski definition) is 2. The van der Waals surface area contributed by atoms with Crippen LogP contribution in [0.3, 0.4) is 0 Å². The van der Waals surface area contributed by atoms with Crippen LogP contribution in [0.4, 0.5) is 16.0 Å². The molecular weight excluding hydrogens is 489 g/mol. The lowest BCUT2D eigenvalue weighted by Gasteiger charge is -2.29. The number of methoxy groups -OCH3 is 2. The maximum absolute atomic E-state index is 13.7. The highest BCUT2D eigenvalue weighted by atomic mass is 19.1. The number of aromatic nitrogens is 3. The van der Waals surface area contributed by atoms with E-state index >= 15 is 0 Å². The van der Waals surface area contributed by atoms with Gasteiger partial charge in [-0.15, -0.1) is 0 Å². The number of allylic oxidation sites excluding steroid dienone is 1. The highest BCUT2D eigenvalue weighted by Crippen LogP contribution is 2.37. The van der Waals surface area contributed by atoms with Crippen LogP contribution in [0.1, 0.15) is 24.1 Å². The fraction of sp³-hybridized carbons (Fsp3) is 0.179. The van der Waals surface area contributed by atoms with Crippen molar-refractivity contribution >= 4 is 17.5 Å². The van der Waals surface area contributed by atoms with E-state index in [0.29, 0.717) is 46.8 Å². The minimum atomic E-state index is -0.538. The zero-order valence-electron chi connectivity index (χ0n) is 21.1. The minimum Gasteiger partial charge on any atom is -0.497 e. The maximum Gasteiger partial charge on any atom is 0.255 e. The van der Waals surface area contributed by atoms with Gasteiger partial charge in [0.15, 0.2) is 0 Å². The first-order chi connectivity index (χ1) is 18.5. The van der Waals surface area contributed by atoms with Crippen molar-refractivity contribution in [1.29, 1.82) is 0 Å². The molecule has 0 spiro atoms. The second-order valence-corrected chi connectivity index (χ2v) is 8.60. The van der Waals surface area contributed by atoms with E-state index in [2.05, 4.69) is 20.7 Å². The van der Waals surface area contributed by atoms with Gasteiger partial charge in [0, 0.05) is 11.8 Å². The minimum absolute atomic E-state index is 0.291. The van der Waals surface area contributed by atoms with Gasteiger partial charge in [0.2, 0.25) is 5.95 Å². The van der Waals surface area contributed by atoms with Crippen molar-refractivity contribution in [3.63, 3.8) is 0 Å². The largest absolute Gasteiger partial charge is 0.497 e. The van der Waals surface area contributed by atoms with Crippen LogP contribution in [0.25, 0.3) is 0 Å². The molecule has 0 saturated carbocycles. The Hall–Kier alpha value is -4.86. The molecule has 1 aliphatic rings. The van der Waals surface area contributed by atoms with Crippen molar-refractivity contribution in [2.45, 2.75) is 19.6 Å². The van der Waals surface area contributed by atoms with Gasteiger partial charge in [-0.3, -0.25) is 4.79 Å². The number of rotatable bonds is 8. The summed E-state index contributed by atoms with van der Waals surface area (Å²) >= 11 is 0. The van der Waals surface area contributed by atoms with Gasteiger partial charge < -0.3 is 24.8 Å². The number of ether oxygens (including phenoxy) is 3. The van der Waals surface area contributed by atoms with Gasteiger partial charge in [-0.05, 0) is 54.4 Å². The molecule has 1 aliphatic heterocycles. The monoisotopic (exact) mass is 515 g/mol. The van der Waals surface area contributed by atoms with Gasteiger partial charge >= 0.3 is 0 Å². The first-order valence-electron chi connectivity index (χ1n) is 11.8. The predicted molar refractivity (Wildman–Crippen MR) is 140 cm³/mol. The zero-order valence-corrected chi connectivity index (χ0v) is 21.1. The van der Waals surface area contributed by atoms with Crippen LogP contribution < -0.4 is 24.8 Å². The quantitative estimate of drug-likeness (QED) is 0.343. The zero-order chi connectivity index (χ0) is 26.6. The average Bonchev–Trinajstić information content (AvgIpc) is 3.40. The fourth-order valence-corrected chi connectivity index (χ4v) is 4.28. The van der Waals surface area contributed by atoms with E-state index in [0.717, 1.165) is 11.1 Å². The molecule has 5 rings (SSSR count). The first-order valence-corrected chi connectivity index (χ1v) is 11.8. The van der Waals surface area contributed by atoms with Gasteiger partial charge in [-0.1, -0.05) is 24.3 Å².